The van der Waals surface area contributed by atoms with Crippen LogP contribution in [0, 0.1) is 0 Å². The van der Waals surface area contributed by atoms with Crippen LogP contribution in [-0.2, 0) is 14.8 Å². The number of carbonyl (C=O) groups is 1. The quantitative estimate of drug-likeness (QED) is 0.770. The highest BCUT2D eigenvalue weighted by atomic mass is 35.5. The van der Waals surface area contributed by atoms with Crippen molar-refractivity contribution in [2.24, 2.45) is 0 Å². The number of fused-ring (bicyclic) bond motifs is 1. The molecule has 0 aromatic heterocycles. The zero-order chi connectivity index (χ0) is 20.3. The Morgan fingerprint density at radius 1 is 1.18 bits per heavy atom. The minimum Gasteiger partial charge on any atom is -0.486 e. The molecule has 0 spiro atoms. The number of ether oxygens (including phenoxy) is 2. The summed E-state index contributed by atoms with van der Waals surface area (Å²) >= 11 is 6.14. The van der Waals surface area contributed by atoms with Crippen LogP contribution in [0.15, 0.2) is 47.4 Å². The van der Waals surface area contributed by atoms with E-state index in [0.29, 0.717) is 29.7 Å². The van der Waals surface area contributed by atoms with Crippen molar-refractivity contribution in [1.82, 2.24) is 9.62 Å². The first kappa shape index (κ1) is 20.4. The van der Waals surface area contributed by atoms with Crippen LogP contribution in [0.3, 0.4) is 0 Å². The van der Waals surface area contributed by atoms with Crippen molar-refractivity contribution >= 4 is 27.5 Å². The van der Waals surface area contributed by atoms with Crippen molar-refractivity contribution in [1.29, 1.82) is 0 Å². The Labute approximate surface area is 169 Å². The summed E-state index contributed by atoms with van der Waals surface area (Å²) in [5, 5.41) is 3.30. The molecule has 0 radical (unpaired) electrons. The third kappa shape index (κ3) is 4.40. The molecular weight excluding hydrogens is 404 g/mol. The first-order valence-electron chi connectivity index (χ1n) is 8.69. The summed E-state index contributed by atoms with van der Waals surface area (Å²) in [6.45, 7) is 2.23. The van der Waals surface area contributed by atoms with Crippen LogP contribution in [0.2, 0.25) is 5.02 Å². The smallest absolute Gasteiger partial charge is 0.243 e. The maximum atomic E-state index is 12.8. The summed E-state index contributed by atoms with van der Waals surface area (Å²) in [6, 6.07) is 11.2. The van der Waals surface area contributed by atoms with E-state index >= 15 is 0 Å². The maximum Gasteiger partial charge on any atom is 0.243 e. The van der Waals surface area contributed by atoms with Gasteiger partial charge in [0.1, 0.15) is 13.2 Å². The highest BCUT2D eigenvalue weighted by molar-refractivity contribution is 7.89. The molecule has 1 atom stereocenters. The zero-order valence-corrected chi connectivity index (χ0v) is 17.1. The second-order valence-electron chi connectivity index (χ2n) is 6.38. The van der Waals surface area contributed by atoms with E-state index in [2.05, 4.69) is 5.32 Å². The van der Waals surface area contributed by atoms with Gasteiger partial charge in [-0.25, -0.2) is 8.42 Å². The number of carbonyl (C=O) groups excluding carboxylic acids is 1. The molecule has 3 rings (SSSR count). The average Bonchev–Trinajstić information content (AvgIpc) is 2.67. The lowest BCUT2D eigenvalue weighted by Crippen LogP contribution is -2.39. The van der Waals surface area contributed by atoms with Crippen LogP contribution in [-0.4, -0.2) is 45.4 Å². The Morgan fingerprint density at radius 3 is 2.57 bits per heavy atom. The van der Waals surface area contributed by atoms with Crippen LogP contribution in [0.1, 0.15) is 18.5 Å². The number of sulfonamides is 1. The van der Waals surface area contributed by atoms with Crippen molar-refractivity contribution < 1.29 is 22.7 Å². The van der Waals surface area contributed by atoms with Crippen molar-refractivity contribution in [2.45, 2.75) is 17.9 Å². The SMILES string of the molecule is C[C@H](NC(=O)CN(C)S(=O)(=O)c1ccc2c(c1)OCCO2)c1ccccc1Cl. The van der Waals surface area contributed by atoms with E-state index in [1.54, 1.807) is 25.1 Å². The normalized spacial score (nSPS) is 14.6. The molecule has 0 fully saturated rings. The molecule has 0 bridgehead atoms. The molecule has 2 aromatic carbocycles. The Morgan fingerprint density at radius 2 is 1.86 bits per heavy atom. The summed E-state index contributed by atoms with van der Waals surface area (Å²) in [5.41, 5.74) is 0.759. The summed E-state index contributed by atoms with van der Waals surface area (Å²) in [4.78, 5) is 12.4. The van der Waals surface area contributed by atoms with Gasteiger partial charge in [-0.05, 0) is 30.7 Å². The Hall–Kier alpha value is -2.29. The Kier molecular flexibility index (Phi) is 6.12. The van der Waals surface area contributed by atoms with E-state index in [1.807, 2.05) is 12.1 Å². The molecular formula is C19H21ClN2O5S. The van der Waals surface area contributed by atoms with Gasteiger partial charge in [0, 0.05) is 18.1 Å². The standard InChI is InChI=1S/C19H21ClN2O5S/c1-13(15-5-3-4-6-16(15)20)21-19(23)12-22(2)28(24,25)14-7-8-17-18(11-14)27-10-9-26-17/h3-8,11,13H,9-10,12H2,1-2H3,(H,21,23)/t13-/m0/s1. The van der Waals surface area contributed by atoms with Gasteiger partial charge in [-0.15, -0.1) is 0 Å². The number of likely N-dealkylation sites (N-methyl/N-ethyl adjacent to an activating group) is 1. The van der Waals surface area contributed by atoms with Gasteiger partial charge in [0.15, 0.2) is 11.5 Å². The Bertz CT molecular complexity index is 980. The van der Waals surface area contributed by atoms with Gasteiger partial charge in [0.05, 0.1) is 17.5 Å². The fraction of sp³-hybridized carbons (Fsp3) is 0.316. The molecule has 7 nitrogen and oxygen atoms in total. The summed E-state index contributed by atoms with van der Waals surface area (Å²) in [7, 11) is -2.51. The zero-order valence-electron chi connectivity index (χ0n) is 15.5. The molecule has 1 amide bonds. The van der Waals surface area contributed by atoms with E-state index in [1.165, 1.54) is 19.2 Å². The molecule has 0 unspecified atom stereocenters. The monoisotopic (exact) mass is 424 g/mol. The molecule has 9 heteroatoms. The molecule has 1 aliphatic heterocycles. The third-order valence-corrected chi connectivity index (χ3v) is 6.48. The molecule has 2 aromatic rings. The summed E-state index contributed by atoms with van der Waals surface area (Å²) in [5.74, 6) is 0.438. The second kappa shape index (κ2) is 8.38. The van der Waals surface area contributed by atoms with Crippen LogP contribution in [0.4, 0.5) is 0 Å². The van der Waals surface area contributed by atoms with E-state index in [4.69, 9.17) is 21.1 Å². The lowest BCUT2D eigenvalue weighted by molar-refractivity contribution is -0.121. The number of nitrogens with one attached hydrogen (secondary N) is 1. The van der Waals surface area contributed by atoms with Crippen LogP contribution in [0.5, 0.6) is 11.5 Å². The second-order valence-corrected chi connectivity index (χ2v) is 8.83. The highest BCUT2D eigenvalue weighted by Crippen LogP contribution is 2.33. The molecule has 1 N–H and O–H groups in total. The maximum absolute atomic E-state index is 12.8. The number of hydrogen-bond acceptors (Lipinski definition) is 5. The minimum absolute atomic E-state index is 0.0335. The molecule has 1 aliphatic rings. The number of nitrogens with zero attached hydrogens (tertiary/aromatic N) is 1. The van der Waals surface area contributed by atoms with Crippen molar-refractivity contribution in [3.63, 3.8) is 0 Å². The lowest BCUT2D eigenvalue weighted by atomic mass is 10.1. The predicted octanol–water partition coefficient (Wildman–Crippen LogP) is 2.61. The van der Waals surface area contributed by atoms with E-state index < -0.39 is 15.9 Å². The van der Waals surface area contributed by atoms with Gasteiger partial charge >= 0.3 is 0 Å². The van der Waals surface area contributed by atoms with Crippen LogP contribution < -0.4 is 14.8 Å². The first-order chi connectivity index (χ1) is 13.3. The fourth-order valence-corrected chi connectivity index (χ4v) is 4.28. The van der Waals surface area contributed by atoms with E-state index in [9.17, 15) is 13.2 Å². The highest BCUT2D eigenvalue weighted by Gasteiger charge is 2.26. The average molecular weight is 425 g/mol. The van der Waals surface area contributed by atoms with Gasteiger partial charge in [-0.3, -0.25) is 4.79 Å². The molecule has 28 heavy (non-hydrogen) atoms. The predicted molar refractivity (Wildman–Crippen MR) is 105 cm³/mol. The molecule has 0 saturated heterocycles. The number of amides is 1. The topological polar surface area (TPSA) is 84.9 Å². The van der Waals surface area contributed by atoms with Crippen molar-refractivity contribution in [2.75, 3.05) is 26.8 Å². The Balaban J connectivity index is 1.68. The van der Waals surface area contributed by atoms with Gasteiger partial charge < -0.3 is 14.8 Å². The van der Waals surface area contributed by atoms with Crippen LogP contribution in [0.25, 0.3) is 0 Å². The van der Waals surface area contributed by atoms with Gasteiger partial charge in [0.25, 0.3) is 0 Å². The molecule has 0 aliphatic carbocycles. The van der Waals surface area contributed by atoms with E-state index in [0.717, 1.165) is 9.87 Å². The number of rotatable bonds is 6. The summed E-state index contributed by atoms with van der Waals surface area (Å²) in [6.07, 6.45) is 0. The lowest BCUT2D eigenvalue weighted by Gasteiger charge is -2.22. The fourth-order valence-electron chi connectivity index (χ4n) is 2.84. The number of halogens is 1. The van der Waals surface area contributed by atoms with Gasteiger partial charge in [0.2, 0.25) is 15.9 Å². The summed E-state index contributed by atoms with van der Waals surface area (Å²) < 4.78 is 37.4. The van der Waals surface area contributed by atoms with Crippen LogP contribution >= 0.6 is 11.6 Å². The molecule has 1 heterocycles. The molecule has 150 valence electrons. The number of hydrogen-bond donors (Lipinski definition) is 1. The van der Waals surface area contributed by atoms with Gasteiger partial charge in [-0.2, -0.15) is 4.31 Å². The minimum atomic E-state index is -3.87. The van der Waals surface area contributed by atoms with Crippen molar-refractivity contribution in [3.05, 3.63) is 53.1 Å². The third-order valence-electron chi connectivity index (χ3n) is 4.34. The van der Waals surface area contributed by atoms with Crippen molar-refractivity contribution in [3.8, 4) is 11.5 Å². The van der Waals surface area contributed by atoms with Gasteiger partial charge in [-0.1, -0.05) is 29.8 Å². The van der Waals surface area contributed by atoms with E-state index in [-0.39, 0.29) is 17.5 Å². The number of benzene rings is 2. The first-order valence-corrected chi connectivity index (χ1v) is 10.5. The largest absolute Gasteiger partial charge is 0.486 e. The molecule has 0 saturated carbocycles.